The van der Waals surface area contributed by atoms with Crippen LogP contribution < -0.4 is 5.73 Å². The SMILES string of the molecule is CC1(C)CCC(N)(Cc2ccc(F)cc2Br)C1. The first-order chi connectivity index (χ1) is 7.80. The molecule has 1 atom stereocenters. The molecule has 0 spiro atoms. The van der Waals surface area contributed by atoms with Crippen molar-refractivity contribution in [1.29, 1.82) is 0 Å². The summed E-state index contributed by atoms with van der Waals surface area (Å²) in [5, 5.41) is 0. The van der Waals surface area contributed by atoms with Gasteiger partial charge in [0.1, 0.15) is 5.82 Å². The Kier molecular flexibility index (Phi) is 3.34. The minimum atomic E-state index is -0.210. The summed E-state index contributed by atoms with van der Waals surface area (Å²) in [6, 6.07) is 4.85. The van der Waals surface area contributed by atoms with Crippen molar-refractivity contribution in [2.45, 2.75) is 45.1 Å². The van der Waals surface area contributed by atoms with E-state index in [9.17, 15) is 4.39 Å². The zero-order valence-electron chi connectivity index (χ0n) is 10.4. The molecule has 0 saturated heterocycles. The van der Waals surface area contributed by atoms with E-state index in [0.29, 0.717) is 5.41 Å². The number of hydrogen-bond donors (Lipinski definition) is 1. The molecule has 1 unspecified atom stereocenters. The molecular weight excluding hydrogens is 281 g/mol. The van der Waals surface area contributed by atoms with E-state index in [1.54, 1.807) is 0 Å². The lowest BCUT2D eigenvalue weighted by Crippen LogP contribution is -2.40. The Bertz CT molecular complexity index is 430. The van der Waals surface area contributed by atoms with Gasteiger partial charge in [-0.15, -0.1) is 0 Å². The molecule has 3 heteroatoms. The normalized spacial score (nSPS) is 27.4. The third-order valence-electron chi connectivity index (χ3n) is 3.69. The maximum absolute atomic E-state index is 13.0. The van der Waals surface area contributed by atoms with Crippen molar-refractivity contribution in [3.05, 3.63) is 34.1 Å². The molecule has 1 aromatic rings. The van der Waals surface area contributed by atoms with Crippen LogP contribution in [0.25, 0.3) is 0 Å². The minimum Gasteiger partial charge on any atom is -0.325 e. The molecule has 17 heavy (non-hydrogen) atoms. The summed E-state index contributed by atoms with van der Waals surface area (Å²) < 4.78 is 13.8. The van der Waals surface area contributed by atoms with Crippen LogP contribution in [0.1, 0.15) is 38.7 Å². The van der Waals surface area contributed by atoms with Crippen molar-refractivity contribution in [3.63, 3.8) is 0 Å². The fourth-order valence-corrected chi connectivity index (χ4v) is 3.40. The van der Waals surface area contributed by atoms with Crippen molar-refractivity contribution in [3.8, 4) is 0 Å². The van der Waals surface area contributed by atoms with Gasteiger partial charge in [-0.3, -0.25) is 0 Å². The van der Waals surface area contributed by atoms with Gasteiger partial charge in [-0.1, -0.05) is 35.8 Å². The van der Waals surface area contributed by atoms with E-state index in [4.69, 9.17) is 5.73 Å². The van der Waals surface area contributed by atoms with Crippen LogP contribution in [0.5, 0.6) is 0 Å². The molecule has 94 valence electrons. The molecule has 0 bridgehead atoms. The van der Waals surface area contributed by atoms with Crippen molar-refractivity contribution in [2.24, 2.45) is 11.1 Å². The van der Waals surface area contributed by atoms with Gasteiger partial charge in [0.05, 0.1) is 0 Å². The van der Waals surface area contributed by atoms with Crippen LogP contribution in [-0.4, -0.2) is 5.54 Å². The maximum atomic E-state index is 13.0. The van der Waals surface area contributed by atoms with Gasteiger partial charge in [-0.2, -0.15) is 0 Å². The first-order valence-corrected chi connectivity index (χ1v) is 6.82. The average Bonchev–Trinajstić information content (AvgIpc) is 2.46. The van der Waals surface area contributed by atoms with Gasteiger partial charge in [0.25, 0.3) is 0 Å². The van der Waals surface area contributed by atoms with Gasteiger partial charge < -0.3 is 5.73 Å². The second kappa shape index (κ2) is 4.36. The van der Waals surface area contributed by atoms with Crippen LogP contribution in [-0.2, 0) is 6.42 Å². The first kappa shape index (κ1) is 13.0. The minimum absolute atomic E-state index is 0.135. The highest BCUT2D eigenvalue weighted by molar-refractivity contribution is 9.10. The Labute approximate surface area is 111 Å². The number of nitrogens with two attached hydrogens (primary N) is 1. The van der Waals surface area contributed by atoms with E-state index in [1.807, 2.05) is 6.07 Å². The molecule has 1 nitrogen and oxygen atoms in total. The summed E-state index contributed by atoms with van der Waals surface area (Å²) in [6.07, 6.45) is 4.06. The standard InChI is InChI=1S/C14H19BrFN/c1-13(2)5-6-14(17,9-13)8-10-3-4-11(16)7-12(10)15/h3-4,7H,5-6,8-9,17H2,1-2H3. The summed E-state index contributed by atoms with van der Waals surface area (Å²) in [7, 11) is 0. The zero-order chi connectivity index (χ0) is 12.7. The molecule has 2 rings (SSSR count). The molecule has 2 N–H and O–H groups in total. The highest BCUT2D eigenvalue weighted by Crippen LogP contribution is 2.44. The quantitative estimate of drug-likeness (QED) is 0.876. The van der Waals surface area contributed by atoms with Crippen LogP contribution in [0.15, 0.2) is 22.7 Å². The predicted octanol–water partition coefficient (Wildman–Crippen LogP) is 4.04. The Morgan fingerprint density at radius 1 is 1.35 bits per heavy atom. The lowest BCUT2D eigenvalue weighted by atomic mass is 9.85. The van der Waals surface area contributed by atoms with Gasteiger partial charge >= 0.3 is 0 Å². The fraction of sp³-hybridized carbons (Fsp3) is 0.571. The fourth-order valence-electron chi connectivity index (χ4n) is 2.91. The summed E-state index contributed by atoms with van der Waals surface area (Å²) in [6.45, 7) is 4.53. The van der Waals surface area contributed by atoms with Gasteiger partial charge in [0, 0.05) is 10.0 Å². The monoisotopic (exact) mass is 299 g/mol. The summed E-state index contributed by atoms with van der Waals surface area (Å²) >= 11 is 3.41. The molecule has 1 fully saturated rings. The van der Waals surface area contributed by atoms with Crippen molar-refractivity contribution in [1.82, 2.24) is 0 Å². The molecule has 0 radical (unpaired) electrons. The summed E-state index contributed by atoms with van der Waals surface area (Å²) in [5.74, 6) is -0.210. The molecule has 1 saturated carbocycles. The van der Waals surface area contributed by atoms with Gasteiger partial charge in [0.15, 0.2) is 0 Å². The third kappa shape index (κ3) is 3.08. The maximum Gasteiger partial charge on any atom is 0.124 e. The average molecular weight is 300 g/mol. The lowest BCUT2D eigenvalue weighted by Gasteiger charge is -2.27. The molecular formula is C14H19BrFN. The van der Waals surface area contributed by atoms with E-state index >= 15 is 0 Å². The molecule has 0 amide bonds. The van der Waals surface area contributed by atoms with Crippen molar-refractivity contribution in [2.75, 3.05) is 0 Å². The first-order valence-electron chi connectivity index (χ1n) is 6.03. The predicted molar refractivity (Wildman–Crippen MR) is 72.4 cm³/mol. The van der Waals surface area contributed by atoms with Crippen LogP contribution in [0.2, 0.25) is 0 Å². The molecule has 1 aromatic carbocycles. The Morgan fingerprint density at radius 3 is 2.59 bits per heavy atom. The molecule has 1 aliphatic rings. The van der Waals surface area contributed by atoms with Gasteiger partial charge in [-0.25, -0.2) is 4.39 Å². The summed E-state index contributed by atoms with van der Waals surface area (Å²) in [5.41, 5.74) is 7.76. The molecule has 0 aliphatic heterocycles. The Balaban J connectivity index is 2.16. The van der Waals surface area contributed by atoms with Gasteiger partial charge in [-0.05, 0) is 48.8 Å². The summed E-state index contributed by atoms with van der Waals surface area (Å²) in [4.78, 5) is 0. The topological polar surface area (TPSA) is 26.0 Å². The van der Waals surface area contributed by atoms with Gasteiger partial charge in [0.2, 0.25) is 0 Å². The van der Waals surface area contributed by atoms with E-state index in [2.05, 4.69) is 29.8 Å². The van der Waals surface area contributed by atoms with Crippen LogP contribution in [0, 0.1) is 11.2 Å². The third-order valence-corrected chi connectivity index (χ3v) is 4.43. The second-order valence-corrected chi connectivity index (χ2v) is 6.97. The molecule has 1 aliphatic carbocycles. The smallest absolute Gasteiger partial charge is 0.124 e. The second-order valence-electron chi connectivity index (χ2n) is 6.12. The van der Waals surface area contributed by atoms with E-state index in [-0.39, 0.29) is 11.4 Å². The molecule has 0 aromatic heterocycles. The van der Waals surface area contributed by atoms with Crippen LogP contribution >= 0.6 is 15.9 Å². The highest BCUT2D eigenvalue weighted by atomic mass is 79.9. The Hall–Kier alpha value is -0.410. The van der Waals surface area contributed by atoms with E-state index < -0.39 is 0 Å². The van der Waals surface area contributed by atoms with Crippen LogP contribution in [0.3, 0.4) is 0 Å². The Morgan fingerprint density at radius 2 is 2.06 bits per heavy atom. The number of hydrogen-bond acceptors (Lipinski definition) is 1. The number of halogens is 2. The van der Waals surface area contributed by atoms with E-state index in [0.717, 1.165) is 29.3 Å². The zero-order valence-corrected chi connectivity index (χ0v) is 12.0. The highest BCUT2D eigenvalue weighted by Gasteiger charge is 2.40. The number of rotatable bonds is 2. The van der Waals surface area contributed by atoms with E-state index in [1.165, 1.54) is 18.6 Å². The largest absolute Gasteiger partial charge is 0.325 e. The van der Waals surface area contributed by atoms with Crippen molar-refractivity contribution < 1.29 is 4.39 Å². The number of benzene rings is 1. The lowest BCUT2D eigenvalue weighted by molar-refractivity contribution is 0.334. The molecule has 0 heterocycles. The van der Waals surface area contributed by atoms with Crippen molar-refractivity contribution >= 4 is 15.9 Å². The van der Waals surface area contributed by atoms with Crippen LogP contribution in [0.4, 0.5) is 4.39 Å².